The van der Waals surface area contributed by atoms with Crippen LogP contribution < -0.4 is 0 Å². The molecule has 2 unspecified atom stereocenters. The van der Waals surface area contributed by atoms with Crippen molar-refractivity contribution >= 4 is 24.2 Å². The molecule has 4 rings (SSSR count). The lowest BCUT2D eigenvalue weighted by atomic mass is 10.1. The van der Waals surface area contributed by atoms with Gasteiger partial charge in [-0.2, -0.15) is 0 Å². The van der Waals surface area contributed by atoms with Gasteiger partial charge in [-0.3, -0.25) is 19.4 Å². The summed E-state index contributed by atoms with van der Waals surface area (Å²) in [5.41, 5.74) is 1.92. The van der Waals surface area contributed by atoms with Crippen molar-refractivity contribution in [1.82, 2.24) is 19.6 Å². The van der Waals surface area contributed by atoms with Crippen molar-refractivity contribution in [3.8, 4) is 0 Å². The zero-order chi connectivity index (χ0) is 22.7. The zero-order valence-corrected chi connectivity index (χ0v) is 18.3. The van der Waals surface area contributed by atoms with E-state index in [9.17, 15) is 14.4 Å². The van der Waals surface area contributed by atoms with Crippen molar-refractivity contribution in [3.63, 3.8) is 0 Å². The molecule has 32 heavy (non-hydrogen) atoms. The molecule has 8 nitrogen and oxygen atoms in total. The third kappa shape index (κ3) is 4.21. The van der Waals surface area contributed by atoms with Crippen LogP contribution in [0.2, 0.25) is 0 Å². The second-order valence-corrected chi connectivity index (χ2v) is 8.01. The van der Waals surface area contributed by atoms with Gasteiger partial charge in [0.1, 0.15) is 6.54 Å². The fourth-order valence-corrected chi connectivity index (χ4v) is 4.09. The van der Waals surface area contributed by atoms with Crippen LogP contribution in [0.5, 0.6) is 0 Å². The standard InChI is InChI=1S/C24H27N5O3/c1-3-27-17-25-22-21(27)23(31)29(24(32)28(22)15-19-12-8-5-9-13-19)16-20(30)26(2)14-18-10-6-4-7-11-18/h4-13,17,21-22H,3,14-16H2,1-2H3. The second-order valence-electron chi connectivity index (χ2n) is 8.01. The highest BCUT2D eigenvalue weighted by Crippen LogP contribution is 2.28. The monoisotopic (exact) mass is 433 g/mol. The SMILES string of the molecule is CCN1C=NC2C1C(=O)N(CC(=O)N(C)Cc1ccccc1)C(=O)N2Cc1ccccc1. The van der Waals surface area contributed by atoms with E-state index in [1.165, 1.54) is 4.90 Å². The minimum absolute atomic E-state index is 0.296. The minimum Gasteiger partial charge on any atom is -0.348 e. The molecule has 8 heteroatoms. The van der Waals surface area contributed by atoms with E-state index in [-0.39, 0.29) is 18.4 Å². The van der Waals surface area contributed by atoms with Crippen LogP contribution in [-0.4, -0.2) is 76.1 Å². The highest BCUT2D eigenvalue weighted by atomic mass is 16.2. The van der Waals surface area contributed by atoms with Crippen molar-refractivity contribution < 1.29 is 14.4 Å². The average molecular weight is 434 g/mol. The molecule has 1 fully saturated rings. The Labute approximate surface area is 187 Å². The van der Waals surface area contributed by atoms with Gasteiger partial charge in [-0.15, -0.1) is 0 Å². The molecule has 1 saturated heterocycles. The Morgan fingerprint density at radius 1 is 1.00 bits per heavy atom. The average Bonchev–Trinajstić information content (AvgIpc) is 3.25. The lowest BCUT2D eigenvalue weighted by Gasteiger charge is -2.42. The van der Waals surface area contributed by atoms with E-state index in [1.807, 2.05) is 72.5 Å². The Morgan fingerprint density at radius 3 is 2.25 bits per heavy atom. The molecule has 2 aliphatic heterocycles. The molecule has 2 heterocycles. The number of carbonyl (C=O) groups is 3. The van der Waals surface area contributed by atoms with Crippen LogP contribution in [0.1, 0.15) is 18.1 Å². The van der Waals surface area contributed by atoms with Crippen molar-refractivity contribution in [2.75, 3.05) is 20.1 Å². The normalized spacial score (nSPS) is 20.0. The van der Waals surface area contributed by atoms with Gasteiger partial charge in [-0.25, -0.2) is 9.79 Å². The first-order valence-corrected chi connectivity index (χ1v) is 10.7. The van der Waals surface area contributed by atoms with E-state index in [0.717, 1.165) is 16.0 Å². The van der Waals surface area contributed by atoms with Crippen LogP contribution >= 0.6 is 0 Å². The molecule has 0 N–H and O–H groups in total. The summed E-state index contributed by atoms with van der Waals surface area (Å²) < 4.78 is 0. The number of nitrogens with zero attached hydrogens (tertiary/aromatic N) is 5. The van der Waals surface area contributed by atoms with Gasteiger partial charge in [0.15, 0.2) is 12.2 Å². The largest absolute Gasteiger partial charge is 0.348 e. The Hall–Kier alpha value is -3.68. The first kappa shape index (κ1) is 21.5. The second kappa shape index (κ2) is 9.21. The van der Waals surface area contributed by atoms with Gasteiger partial charge in [-0.1, -0.05) is 60.7 Å². The highest BCUT2D eigenvalue weighted by Gasteiger charge is 2.51. The Balaban J connectivity index is 1.54. The number of urea groups is 1. The molecule has 4 amide bonds. The molecular weight excluding hydrogens is 406 g/mol. The van der Waals surface area contributed by atoms with E-state index in [0.29, 0.717) is 19.6 Å². The number of rotatable bonds is 7. The number of aliphatic imine (C=N–C) groups is 1. The van der Waals surface area contributed by atoms with E-state index >= 15 is 0 Å². The number of likely N-dealkylation sites (N-methyl/N-ethyl adjacent to an activating group) is 2. The number of carbonyl (C=O) groups excluding carboxylic acids is 3. The van der Waals surface area contributed by atoms with Gasteiger partial charge in [0.25, 0.3) is 5.91 Å². The van der Waals surface area contributed by atoms with E-state index in [2.05, 4.69) is 4.99 Å². The minimum atomic E-state index is -0.617. The van der Waals surface area contributed by atoms with Crippen molar-refractivity contribution in [2.45, 2.75) is 32.2 Å². The Bertz CT molecular complexity index is 1010. The number of fused-ring (bicyclic) bond motifs is 1. The van der Waals surface area contributed by atoms with Crippen LogP contribution in [0, 0.1) is 0 Å². The Kier molecular flexibility index (Phi) is 6.20. The lowest BCUT2D eigenvalue weighted by molar-refractivity contribution is -0.144. The summed E-state index contributed by atoms with van der Waals surface area (Å²) in [5, 5.41) is 0. The summed E-state index contributed by atoms with van der Waals surface area (Å²) >= 11 is 0. The number of hydrogen-bond donors (Lipinski definition) is 0. The number of imide groups is 1. The maximum atomic E-state index is 13.4. The molecule has 0 radical (unpaired) electrons. The first-order valence-electron chi connectivity index (χ1n) is 10.7. The molecular formula is C24H27N5O3. The molecule has 0 aliphatic carbocycles. The predicted molar refractivity (Wildman–Crippen MR) is 120 cm³/mol. The molecule has 2 aromatic carbocycles. The smallest absolute Gasteiger partial charge is 0.329 e. The number of hydrogen-bond acceptors (Lipinski definition) is 5. The third-order valence-corrected chi connectivity index (χ3v) is 5.86. The zero-order valence-electron chi connectivity index (χ0n) is 18.3. The van der Waals surface area contributed by atoms with Gasteiger partial charge in [-0.05, 0) is 18.1 Å². The number of amides is 4. The van der Waals surface area contributed by atoms with Gasteiger partial charge in [0.2, 0.25) is 5.91 Å². The van der Waals surface area contributed by atoms with Crippen LogP contribution in [0.4, 0.5) is 4.79 Å². The molecule has 166 valence electrons. The molecule has 2 aliphatic rings. The first-order chi connectivity index (χ1) is 15.5. The van der Waals surface area contributed by atoms with Crippen molar-refractivity contribution in [1.29, 1.82) is 0 Å². The molecule has 2 atom stereocenters. The topological polar surface area (TPSA) is 76.5 Å². The summed E-state index contributed by atoms with van der Waals surface area (Å²) in [6, 6.07) is 18.1. The lowest BCUT2D eigenvalue weighted by Crippen LogP contribution is -2.66. The van der Waals surface area contributed by atoms with E-state index in [1.54, 1.807) is 18.3 Å². The molecule has 2 aromatic rings. The summed E-state index contributed by atoms with van der Waals surface area (Å²) in [5.74, 6) is -0.680. The summed E-state index contributed by atoms with van der Waals surface area (Å²) in [7, 11) is 1.68. The fourth-order valence-electron chi connectivity index (χ4n) is 4.09. The van der Waals surface area contributed by atoms with Crippen LogP contribution in [0.25, 0.3) is 0 Å². The Morgan fingerprint density at radius 2 is 1.62 bits per heavy atom. The molecule has 0 spiro atoms. The molecule has 0 aromatic heterocycles. The van der Waals surface area contributed by atoms with Crippen LogP contribution in [0.3, 0.4) is 0 Å². The van der Waals surface area contributed by atoms with E-state index in [4.69, 9.17) is 0 Å². The van der Waals surface area contributed by atoms with Crippen LogP contribution in [0.15, 0.2) is 65.7 Å². The molecule has 0 bridgehead atoms. The predicted octanol–water partition coefficient (Wildman–Crippen LogP) is 2.17. The van der Waals surface area contributed by atoms with Crippen LogP contribution in [-0.2, 0) is 22.7 Å². The quantitative estimate of drug-likeness (QED) is 0.671. The van der Waals surface area contributed by atoms with E-state index < -0.39 is 18.2 Å². The fraction of sp³-hybridized carbons (Fsp3) is 0.333. The highest BCUT2D eigenvalue weighted by molar-refractivity contribution is 6.04. The summed E-state index contributed by atoms with van der Waals surface area (Å²) in [6.45, 7) is 2.93. The summed E-state index contributed by atoms with van der Waals surface area (Å²) in [4.78, 5) is 50.0. The van der Waals surface area contributed by atoms with Crippen molar-refractivity contribution in [3.05, 3.63) is 71.8 Å². The van der Waals surface area contributed by atoms with Gasteiger partial charge < -0.3 is 9.80 Å². The van der Waals surface area contributed by atoms with Crippen molar-refractivity contribution in [2.24, 2.45) is 4.99 Å². The third-order valence-electron chi connectivity index (χ3n) is 5.86. The summed E-state index contributed by atoms with van der Waals surface area (Å²) in [6.07, 6.45) is 1.04. The maximum absolute atomic E-state index is 13.4. The van der Waals surface area contributed by atoms with Gasteiger partial charge in [0, 0.05) is 26.7 Å². The maximum Gasteiger partial charge on any atom is 0.329 e. The van der Waals surface area contributed by atoms with Gasteiger partial charge >= 0.3 is 6.03 Å². The number of benzene rings is 2. The van der Waals surface area contributed by atoms with Gasteiger partial charge in [0.05, 0.1) is 6.34 Å². The molecule has 0 saturated carbocycles.